The zero-order valence-corrected chi connectivity index (χ0v) is 18.0. The van der Waals surface area contributed by atoms with Gasteiger partial charge in [-0.15, -0.1) is 0 Å². The summed E-state index contributed by atoms with van der Waals surface area (Å²) >= 11 is 0. The highest BCUT2D eigenvalue weighted by Gasteiger charge is 2.72. The molecule has 0 saturated carbocycles. The molecule has 2 bridgehead atoms. The van der Waals surface area contributed by atoms with E-state index in [1.54, 1.807) is 6.07 Å². The molecule has 164 valence electrons. The molecule has 6 nitrogen and oxygen atoms in total. The van der Waals surface area contributed by atoms with Crippen LogP contribution in [0.5, 0.6) is 11.5 Å². The van der Waals surface area contributed by atoms with Crippen LogP contribution in [0.25, 0.3) is 10.9 Å². The van der Waals surface area contributed by atoms with Gasteiger partial charge in [0.05, 0.1) is 16.7 Å². The highest BCUT2D eigenvalue weighted by molar-refractivity contribution is 5.87. The average Bonchev–Trinajstić information content (AvgIpc) is 3.24. The SMILES string of the molecule is C=C(C)CN1CC[C@]23c4c5ccc(O)c4O[C@H]2c2c(c4ccccc4n2[O-])C[C@@]3(O)[C@H]1C5. The summed E-state index contributed by atoms with van der Waals surface area (Å²) in [6.45, 7) is 7.64. The number of likely N-dealkylation sites (tertiary alicyclic amines) is 1. The second-order valence-electron chi connectivity index (χ2n) is 10.1. The van der Waals surface area contributed by atoms with Gasteiger partial charge in [0.1, 0.15) is 0 Å². The molecule has 7 rings (SSSR count). The summed E-state index contributed by atoms with van der Waals surface area (Å²) in [7, 11) is 0. The third-order valence-corrected chi connectivity index (χ3v) is 8.47. The molecule has 1 fully saturated rings. The summed E-state index contributed by atoms with van der Waals surface area (Å²) in [5, 5.41) is 37.7. The van der Waals surface area contributed by atoms with E-state index in [1.807, 2.05) is 37.3 Å². The van der Waals surface area contributed by atoms with Crippen LogP contribution in [0.1, 0.15) is 41.8 Å². The van der Waals surface area contributed by atoms with E-state index in [-0.39, 0.29) is 11.8 Å². The summed E-state index contributed by atoms with van der Waals surface area (Å²) in [6, 6.07) is 11.1. The normalized spacial score (nSPS) is 31.8. The van der Waals surface area contributed by atoms with Gasteiger partial charge in [-0.3, -0.25) is 4.90 Å². The lowest BCUT2D eigenvalue weighted by Gasteiger charge is -2.63. The number of nitrogens with zero attached hydrogens (tertiary/aromatic N) is 2. The molecule has 4 atom stereocenters. The molecular weight excluding hydrogens is 404 g/mol. The van der Waals surface area contributed by atoms with Gasteiger partial charge in [-0.05, 0) is 43.0 Å². The number of hydrogen-bond donors (Lipinski definition) is 2. The smallest absolute Gasteiger partial charge is 0.166 e. The molecule has 0 unspecified atom stereocenters. The van der Waals surface area contributed by atoms with Crippen LogP contribution in [0.4, 0.5) is 0 Å². The van der Waals surface area contributed by atoms with E-state index in [4.69, 9.17) is 4.74 Å². The molecule has 1 aromatic heterocycles. The zero-order valence-electron chi connectivity index (χ0n) is 18.0. The first-order valence-corrected chi connectivity index (χ1v) is 11.3. The number of aromatic hydroxyl groups is 1. The van der Waals surface area contributed by atoms with Gasteiger partial charge in [0, 0.05) is 42.0 Å². The van der Waals surface area contributed by atoms with E-state index in [2.05, 4.69) is 11.5 Å². The molecule has 4 aliphatic rings. The average molecular weight is 429 g/mol. The summed E-state index contributed by atoms with van der Waals surface area (Å²) < 4.78 is 7.46. The highest BCUT2D eigenvalue weighted by Crippen LogP contribution is 2.69. The molecule has 1 saturated heterocycles. The van der Waals surface area contributed by atoms with Gasteiger partial charge in [0.15, 0.2) is 17.6 Å². The minimum absolute atomic E-state index is 0.0767. The lowest BCUT2D eigenvalue weighted by atomic mass is 9.49. The monoisotopic (exact) mass is 429 g/mol. The fourth-order valence-corrected chi connectivity index (χ4v) is 7.35. The van der Waals surface area contributed by atoms with Crippen molar-refractivity contribution in [3.8, 4) is 11.5 Å². The lowest BCUT2D eigenvalue weighted by molar-refractivity contribution is -0.171. The number of hydrogen-bond acceptors (Lipinski definition) is 5. The topological polar surface area (TPSA) is 80.9 Å². The van der Waals surface area contributed by atoms with Crippen molar-refractivity contribution < 1.29 is 14.9 Å². The Balaban J connectivity index is 1.56. The largest absolute Gasteiger partial charge is 0.805 e. The van der Waals surface area contributed by atoms with Crippen molar-refractivity contribution in [2.75, 3.05) is 13.1 Å². The van der Waals surface area contributed by atoms with E-state index in [0.29, 0.717) is 36.2 Å². The molecule has 3 aromatic rings. The lowest BCUT2D eigenvalue weighted by Crippen LogP contribution is -2.74. The Morgan fingerprint density at radius 3 is 2.91 bits per heavy atom. The predicted octanol–water partition coefficient (Wildman–Crippen LogP) is 3.56. The van der Waals surface area contributed by atoms with Crippen LogP contribution in [0.15, 0.2) is 48.6 Å². The Morgan fingerprint density at radius 1 is 1.28 bits per heavy atom. The molecule has 2 aliphatic heterocycles. The summed E-state index contributed by atoms with van der Waals surface area (Å²) in [5.41, 5.74) is 3.26. The van der Waals surface area contributed by atoms with Crippen LogP contribution >= 0.6 is 0 Å². The van der Waals surface area contributed by atoms with Crippen molar-refractivity contribution in [2.24, 2.45) is 0 Å². The Morgan fingerprint density at radius 2 is 2.09 bits per heavy atom. The molecule has 0 amide bonds. The standard InChI is InChI=1S/C26H25N2O4/c1-14(2)13-27-10-9-25-21-15-7-8-19(29)23(21)32-24(25)22-17(12-26(25,30)20(27)11-15)16-5-3-4-6-18(16)28(22)31/h3-8,20,24,29-30H,1,9-13H2,2H3/q-1/t20-,24+,25+,26-/m1/s1. The van der Waals surface area contributed by atoms with E-state index >= 15 is 0 Å². The predicted molar refractivity (Wildman–Crippen MR) is 121 cm³/mol. The van der Waals surface area contributed by atoms with Gasteiger partial charge in [-0.2, -0.15) is 0 Å². The van der Waals surface area contributed by atoms with Crippen molar-refractivity contribution in [1.82, 2.24) is 9.63 Å². The van der Waals surface area contributed by atoms with Gasteiger partial charge in [-0.25, -0.2) is 0 Å². The number of ether oxygens (including phenoxy) is 1. The first-order chi connectivity index (χ1) is 15.4. The molecular formula is C26H25N2O4-. The van der Waals surface area contributed by atoms with Crippen molar-refractivity contribution >= 4 is 10.9 Å². The summed E-state index contributed by atoms with van der Waals surface area (Å²) in [4.78, 5) is 2.35. The van der Waals surface area contributed by atoms with Crippen LogP contribution < -0.4 is 4.74 Å². The molecule has 1 spiro atoms. The number of benzene rings is 2. The number of para-hydroxylation sites is 1. The fourth-order valence-electron chi connectivity index (χ4n) is 7.35. The fraction of sp³-hybridized carbons (Fsp3) is 0.385. The van der Waals surface area contributed by atoms with E-state index in [1.165, 1.54) is 0 Å². The number of piperidine rings is 1. The number of phenols is 1. The highest BCUT2D eigenvalue weighted by atomic mass is 16.5. The third-order valence-electron chi connectivity index (χ3n) is 8.47. The molecule has 2 N–H and O–H groups in total. The Kier molecular flexibility index (Phi) is 3.31. The van der Waals surface area contributed by atoms with Gasteiger partial charge >= 0.3 is 0 Å². The third kappa shape index (κ3) is 1.87. The van der Waals surface area contributed by atoms with E-state index in [9.17, 15) is 15.4 Å². The number of aromatic nitrogens is 1. The quantitative estimate of drug-likeness (QED) is 0.609. The zero-order chi connectivity index (χ0) is 22.0. The molecule has 0 radical (unpaired) electrons. The number of fused-ring (bicyclic) bond motifs is 4. The Labute approximate surface area is 185 Å². The van der Waals surface area contributed by atoms with E-state index in [0.717, 1.165) is 45.5 Å². The van der Waals surface area contributed by atoms with Crippen LogP contribution in [0, 0.1) is 5.21 Å². The molecule has 2 aliphatic carbocycles. The second kappa shape index (κ2) is 5.69. The van der Waals surface area contributed by atoms with Gasteiger partial charge in [0.2, 0.25) is 0 Å². The van der Waals surface area contributed by atoms with Crippen LogP contribution in [0.2, 0.25) is 0 Å². The minimum Gasteiger partial charge on any atom is -0.805 e. The van der Waals surface area contributed by atoms with Crippen molar-refractivity contribution in [2.45, 2.75) is 49.3 Å². The molecule has 32 heavy (non-hydrogen) atoms. The van der Waals surface area contributed by atoms with Gasteiger partial charge in [-0.1, -0.05) is 36.4 Å². The maximum Gasteiger partial charge on any atom is 0.166 e. The molecule has 2 aromatic carbocycles. The van der Waals surface area contributed by atoms with Crippen molar-refractivity contribution in [3.63, 3.8) is 0 Å². The van der Waals surface area contributed by atoms with E-state index < -0.39 is 17.1 Å². The van der Waals surface area contributed by atoms with Gasteiger partial charge in [0.25, 0.3) is 0 Å². The maximum atomic E-state index is 13.5. The van der Waals surface area contributed by atoms with Gasteiger partial charge < -0.3 is 24.9 Å². The number of rotatable bonds is 2. The Bertz CT molecular complexity index is 1340. The molecule has 6 heteroatoms. The summed E-state index contributed by atoms with van der Waals surface area (Å²) in [6.07, 6.45) is 1.10. The number of phenolic OH excluding ortho intramolecular Hbond substituents is 1. The minimum atomic E-state index is -1.12. The first-order valence-electron chi connectivity index (χ1n) is 11.3. The van der Waals surface area contributed by atoms with Crippen LogP contribution in [-0.4, -0.2) is 44.6 Å². The maximum absolute atomic E-state index is 13.5. The second-order valence-corrected chi connectivity index (χ2v) is 10.1. The van der Waals surface area contributed by atoms with Crippen molar-refractivity contribution in [3.05, 3.63) is 76.1 Å². The van der Waals surface area contributed by atoms with Crippen LogP contribution in [0.3, 0.4) is 0 Å². The number of aliphatic hydroxyl groups is 1. The van der Waals surface area contributed by atoms with Crippen molar-refractivity contribution in [1.29, 1.82) is 0 Å². The Hall–Kier alpha value is -2.96. The van der Waals surface area contributed by atoms with Crippen LogP contribution in [-0.2, 0) is 18.3 Å². The summed E-state index contributed by atoms with van der Waals surface area (Å²) in [5.74, 6) is 0.517. The first kappa shape index (κ1) is 18.6. The molecule has 3 heterocycles.